The standard InChI is InChI=1S/C28H33N5O4/c1-7-10-20-25-26(33(2)32-20)28(29-17-19-11-8-9-12-21(19)34-3)31-24(30-25)14-13-18-15-22(35-4)27(37-6)23(16-18)36-5/h8-9,11-16H,7,10,17H2,1-6H3,(H,29,30,31)/b14-13+. The van der Waals surface area contributed by atoms with Crippen LogP contribution < -0.4 is 24.3 Å². The molecular formula is C28H33N5O4. The average molecular weight is 504 g/mol. The minimum absolute atomic E-state index is 0.542. The van der Waals surface area contributed by atoms with Crippen LogP contribution in [-0.4, -0.2) is 48.2 Å². The van der Waals surface area contributed by atoms with Gasteiger partial charge in [0.1, 0.15) is 16.8 Å². The Bertz CT molecular complexity index is 1390. The van der Waals surface area contributed by atoms with Crippen molar-refractivity contribution in [2.75, 3.05) is 33.8 Å². The van der Waals surface area contributed by atoms with Gasteiger partial charge in [0.05, 0.1) is 34.1 Å². The predicted octanol–water partition coefficient (Wildman–Crippen LogP) is 5.13. The molecule has 4 aromatic rings. The molecule has 9 nitrogen and oxygen atoms in total. The van der Waals surface area contributed by atoms with E-state index in [4.69, 9.17) is 34.0 Å². The number of rotatable bonds is 11. The number of anilines is 1. The van der Waals surface area contributed by atoms with Gasteiger partial charge in [-0.1, -0.05) is 37.6 Å². The first kappa shape index (κ1) is 25.8. The van der Waals surface area contributed by atoms with Crippen LogP contribution in [0.15, 0.2) is 36.4 Å². The van der Waals surface area contributed by atoms with E-state index in [9.17, 15) is 0 Å². The maximum atomic E-state index is 5.52. The molecule has 0 radical (unpaired) electrons. The molecule has 0 aliphatic rings. The molecule has 194 valence electrons. The smallest absolute Gasteiger partial charge is 0.203 e. The van der Waals surface area contributed by atoms with Crippen LogP contribution >= 0.6 is 0 Å². The van der Waals surface area contributed by atoms with Gasteiger partial charge in [0.2, 0.25) is 5.75 Å². The van der Waals surface area contributed by atoms with Crippen LogP contribution in [0, 0.1) is 0 Å². The third kappa shape index (κ3) is 5.45. The van der Waals surface area contributed by atoms with Gasteiger partial charge in [-0.15, -0.1) is 0 Å². The molecule has 0 aliphatic heterocycles. The van der Waals surface area contributed by atoms with E-state index in [1.165, 1.54) is 0 Å². The van der Waals surface area contributed by atoms with Gasteiger partial charge >= 0.3 is 0 Å². The lowest BCUT2D eigenvalue weighted by Crippen LogP contribution is -2.07. The molecule has 0 fully saturated rings. The first-order valence-electron chi connectivity index (χ1n) is 12.1. The van der Waals surface area contributed by atoms with Crippen LogP contribution in [0.1, 0.15) is 36.0 Å². The van der Waals surface area contributed by atoms with E-state index in [1.54, 1.807) is 28.4 Å². The van der Waals surface area contributed by atoms with E-state index in [0.717, 1.165) is 46.4 Å². The number of ether oxygens (including phenoxy) is 4. The maximum Gasteiger partial charge on any atom is 0.203 e. The molecule has 0 bridgehead atoms. The lowest BCUT2D eigenvalue weighted by atomic mass is 10.1. The normalized spacial score (nSPS) is 11.2. The lowest BCUT2D eigenvalue weighted by Gasteiger charge is -2.13. The molecule has 2 heterocycles. The number of para-hydroxylation sites is 1. The molecule has 1 N–H and O–H groups in total. The summed E-state index contributed by atoms with van der Waals surface area (Å²) in [4.78, 5) is 9.71. The van der Waals surface area contributed by atoms with Crippen LogP contribution in [-0.2, 0) is 20.0 Å². The van der Waals surface area contributed by atoms with Gasteiger partial charge in [0, 0.05) is 19.2 Å². The van der Waals surface area contributed by atoms with Gasteiger partial charge in [-0.3, -0.25) is 4.68 Å². The molecule has 2 aromatic heterocycles. The average Bonchev–Trinajstić information content (AvgIpc) is 3.24. The van der Waals surface area contributed by atoms with Crippen molar-refractivity contribution >= 4 is 29.0 Å². The summed E-state index contributed by atoms with van der Waals surface area (Å²) in [7, 11) is 8.37. The van der Waals surface area contributed by atoms with Gasteiger partial charge in [-0.2, -0.15) is 5.10 Å². The topological polar surface area (TPSA) is 92.6 Å². The third-order valence-corrected chi connectivity index (χ3v) is 6.01. The highest BCUT2D eigenvalue weighted by atomic mass is 16.5. The molecule has 37 heavy (non-hydrogen) atoms. The van der Waals surface area contributed by atoms with Crippen molar-refractivity contribution in [3.8, 4) is 23.0 Å². The van der Waals surface area contributed by atoms with Crippen molar-refractivity contribution in [3.63, 3.8) is 0 Å². The number of fused-ring (bicyclic) bond motifs is 1. The van der Waals surface area contributed by atoms with Gasteiger partial charge < -0.3 is 24.3 Å². The van der Waals surface area contributed by atoms with Crippen LogP contribution in [0.4, 0.5) is 5.82 Å². The zero-order valence-electron chi connectivity index (χ0n) is 22.2. The Balaban J connectivity index is 1.75. The van der Waals surface area contributed by atoms with E-state index in [-0.39, 0.29) is 0 Å². The summed E-state index contributed by atoms with van der Waals surface area (Å²) in [6, 6.07) is 11.7. The zero-order valence-corrected chi connectivity index (χ0v) is 22.2. The van der Waals surface area contributed by atoms with Crippen LogP contribution in [0.2, 0.25) is 0 Å². The number of nitrogens with zero attached hydrogens (tertiary/aromatic N) is 4. The van der Waals surface area contributed by atoms with Crippen molar-refractivity contribution in [2.24, 2.45) is 7.05 Å². The van der Waals surface area contributed by atoms with Crippen molar-refractivity contribution in [1.29, 1.82) is 0 Å². The first-order chi connectivity index (χ1) is 18.0. The van der Waals surface area contributed by atoms with E-state index in [2.05, 4.69) is 12.2 Å². The van der Waals surface area contributed by atoms with E-state index < -0.39 is 0 Å². The summed E-state index contributed by atoms with van der Waals surface area (Å²) in [6.45, 7) is 2.67. The highest BCUT2D eigenvalue weighted by Crippen LogP contribution is 2.38. The fourth-order valence-corrected chi connectivity index (χ4v) is 4.26. The molecule has 4 rings (SSSR count). The van der Waals surface area contributed by atoms with Crippen molar-refractivity contribution in [3.05, 3.63) is 59.0 Å². The van der Waals surface area contributed by atoms with Crippen LogP contribution in [0.25, 0.3) is 23.2 Å². The molecule has 0 atom stereocenters. The van der Waals surface area contributed by atoms with Crippen LogP contribution in [0.3, 0.4) is 0 Å². The quantitative estimate of drug-likeness (QED) is 0.301. The Kier molecular flexibility index (Phi) is 8.12. The van der Waals surface area contributed by atoms with Crippen molar-refractivity contribution in [2.45, 2.75) is 26.3 Å². The Morgan fingerprint density at radius 2 is 1.59 bits per heavy atom. The zero-order chi connectivity index (χ0) is 26.4. The number of methoxy groups -OCH3 is 4. The highest BCUT2D eigenvalue weighted by Gasteiger charge is 2.17. The van der Waals surface area contributed by atoms with Gasteiger partial charge in [0.25, 0.3) is 0 Å². The lowest BCUT2D eigenvalue weighted by molar-refractivity contribution is 0.324. The first-order valence-corrected chi connectivity index (χ1v) is 12.1. The Morgan fingerprint density at radius 1 is 0.892 bits per heavy atom. The largest absolute Gasteiger partial charge is 0.496 e. The minimum atomic E-state index is 0.542. The molecule has 0 saturated heterocycles. The molecule has 0 amide bonds. The molecular weight excluding hydrogens is 470 g/mol. The number of benzene rings is 2. The molecule has 2 aromatic carbocycles. The van der Waals surface area contributed by atoms with Gasteiger partial charge in [0.15, 0.2) is 23.1 Å². The summed E-state index contributed by atoms with van der Waals surface area (Å²) < 4.78 is 23.8. The second-order valence-corrected chi connectivity index (χ2v) is 8.41. The molecule has 0 spiro atoms. The van der Waals surface area contributed by atoms with E-state index >= 15 is 0 Å². The SMILES string of the molecule is CCCc1nn(C)c2c(NCc3ccccc3OC)nc(/C=C/c3cc(OC)c(OC)c(OC)c3)nc12. The fraction of sp³-hybridized carbons (Fsp3) is 0.321. The summed E-state index contributed by atoms with van der Waals surface area (Å²) >= 11 is 0. The number of aryl methyl sites for hydroxylation is 2. The second-order valence-electron chi connectivity index (χ2n) is 8.41. The molecule has 0 saturated carbocycles. The Hall–Kier alpha value is -4.27. The van der Waals surface area contributed by atoms with Crippen molar-refractivity contribution in [1.82, 2.24) is 19.7 Å². The number of hydrogen-bond acceptors (Lipinski definition) is 8. The highest BCUT2D eigenvalue weighted by molar-refractivity contribution is 5.89. The molecule has 0 unspecified atom stereocenters. The summed E-state index contributed by atoms with van der Waals surface area (Å²) in [6.07, 6.45) is 5.59. The van der Waals surface area contributed by atoms with Gasteiger partial charge in [-0.05, 0) is 36.3 Å². The Labute approximate surface area is 217 Å². The second kappa shape index (κ2) is 11.6. The molecule has 0 aliphatic carbocycles. The summed E-state index contributed by atoms with van der Waals surface area (Å²) in [5.74, 6) is 3.79. The molecule has 9 heteroatoms. The number of aromatic nitrogens is 4. The maximum absolute atomic E-state index is 5.52. The van der Waals surface area contributed by atoms with Crippen molar-refractivity contribution < 1.29 is 18.9 Å². The predicted molar refractivity (Wildman–Crippen MR) is 146 cm³/mol. The van der Waals surface area contributed by atoms with Crippen LogP contribution in [0.5, 0.6) is 23.0 Å². The Morgan fingerprint density at radius 3 is 2.24 bits per heavy atom. The summed E-state index contributed by atoms with van der Waals surface area (Å²) in [5, 5.41) is 8.21. The fourth-order valence-electron chi connectivity index (χ4n) is 4.26. The van der Waals surface area contributed by atoms with E-state index in [0.29, 0.717) is 35.4 Å². The number of hydrogen-bond donors (Lipinski definition) is 1. The van der Waals surface area contributed by atoms with E-state index in [1.807, 2.05) is 60.3 Å². The number of nitrogens with one attached hydrogen (secondary N) is 1. The van der Waals surface area contributed by atoms with Gasteiger partial charge in [-0.25, -0.2) is 9.97 Å². The monoisotopic (exact) mass is 503 g/mol. The summed E-state index contributed by atoms with van der Waals surface area (Å²) in [5.41, 5.74) is 4.55. The third-order valence-electron chi connectivity index (χ3n) is 6.01. The minimum Gasteiger partial charge on any atom is -0.496 e.